The van der Waals surface area contributed by atoms with Gasteiger partial charge >= 0.3 is 0 Å². The number of hydrogen-bond acceptors (Lipinski definition) is 3. The number of imidazole rings is 1. The highest BCUT2D eigenvalue weighted by atomic mass is 16.2. The maximum absolute atomic E-state index is 13.7. The number of anilines is 1. The molecule has 1 unspecified atom stereocenters. The van der Waals surface area contributed by atoms with Gasteiger partial charge in [-0.05, 0) is 43.7 Å². The number of hydrogen-bond donors (Lipinski definition) is 0. The number of amides is 1. The minimum absolute atomic E-state index is 0.157. The summed E-state index contributed by atoms with van der Waals surface area (Å²) in [5.74, 6) is 0.718. The van der Waals surface area contributed by atoms with Crippen molar-refractivity contribution >= 4 is 11.6 Å². The topological polar surface area (TPSA) is 61.9 Å². The third-order valence-electron chi connectivity index (χ3n) is 6.50. The van der Waals surface area contributed by atoms with Crippen molar-refractivity contribution in [1.82, 2.24) is 9.55 Å². The van der Waals surface area contributed by atoms with Gasteiger partial charge < -0.3 is 9.47 Å². The molecular weight excluding hydrogens is 324 g/mol. The quantitative estimate of drug-likeness (QED) is 0.837. The highest BCUT2D eigenvalue weighted by Crippen LogP contribution is 2.49. The van der Waals surface area contributed by atoms with E-state index in [0.717, 1.165) is 36.3 Å². The molecule has 1 spiro atoms. The van der Waals surface area contributed by atoms with Gasteiger partial charge in [-0.3, -0.25) is 4.79 Å². The fourth-order valence-corrected chi connectivity index (χ4v) is 5.19. The maximum Gasteiger partial charge on any atom is 0.258 e. The average Bonchev–Trinajstić information content (AvgIpc) is 3.34. The molecule has 1 amide bonds. The molecule has 26 heavy (non-hydrogen) atoms. The Hall–Kier alpha value is -2.61. The van der Waals surface area contributed by atoms with Gasteiger partial charge in [-0.2, -0.15) is 5.26 Å². The monoisotopic (exact) mass is 346 g/mol. The summed E-state index contributed by atoms with van der Waals surface area (Å²) < 4.78 is 2.07. The number of nitriles is 1. The Balaban J connectivity index is 1.62. The second-order valence-electron chi connectivity index (χ2n) is 7.88. The predicted octanol–water partition coefficient (Wildman–Crippen LogP) is 3.37. The number of benzene rings is 1. The Bertz CT molecular complexity index is 918. The van der Waals surface area contributed by atoms with Crippen LogP contribution in [0.25, 0.3) is 0 Å². The van der Waals surface area contributed by atoms with E-state index in [4.69, 9.17) is 0 Å². The van der Waals surface area contributed by atoms with Gasteiger partial charge in [0, 0.05) is 24.0 Å². The number of fused-ring (bicyclic) bond motifs is 4. The normalized spacial score (nSPS) is 24.7. The lowest BCUT2D eigenvalue weighted by Crippen LogP contribution is -2.45. The average molecular weight is 346 g/mol. The molecule has 2 aromatic rings. The van der Waals surface area contributed by atoms with Crippen LogP contribution in [0.3, 0.4) is 0 Å². The fraction of sp³-hybridized carbons (Fsp3) is 0.476. The molecule has 0 saturated heterocycles. The Morgan fingerprint density at radius 3 is 2.92 bits per heavy atom. The van der Waals surface area contributed by atoms with Gasteiger partial charge in [0.2, 0.25) is 0 Å². The summed E-state index contributed by atoms with van der Waals surface area (Å²) >= 11 is 0. The number of aryl methyl sites for hydroxylation is 1. The fourth-order valence-electron chi connectivity index (χ4n) is 5.19. The van der Waals surface area contributed by atoms with Crippen LogP contribution in [0.1, 0.15) is 55.3 Å². The second kappa shape index (κ2) is 5.70. The first-order valence-corrected chi connectivity index (χ1v) is 9.62. The first-order chi connectivity index (χ1) is 12.7. The number of carbonyl (C=O) groups excluding carboxylic acids is 1. The van der Waals surface area contributed by atoms with Gasteiger partial charge in [-0.25, -0.2) is 4.98 Å². The molecule has 1 aliphatic carbocycles. The minimum Gasteiger partial charge on any atom is -0.315 e. The van der Waals surface area contributed by atoms with Crippen LogP contribution in [0.4, 0.5) is 5.69 Å². The van der Waals surface area contributed by atoms with Crippen molar-refractivity contribution in [2.75, 3.05) is 11.4 Å². The second-order valence-corrected chi connectivity index (χ2v) is 7.88. The minimum atomic E-state index is -0.663. The third-order valence-corrected chi connectivity index (χ3v) is 6.50. The zero-order valence-corrected chi connectivity index (χ0v) is 14.8. The standard InChI is InChI=1S/C21H22N4O/c22-11-16-6-7-18-19(10-16)24(13-15-4-2-1-3-5-15)20(26)21(18)9-8-17-12-23-14-25(17)21/h6-7,10,12,14-15H,1-5,8-9,13H2. The molecular formula is C21H22N4O. The van der Waals surface area contributed by atoms with Crippen molar-refractivity contribution in [3.63, 3.8) is 0 Å². The van der Waals surface area contributed by atoms with Crippen LogP contribution in [0, 0.1) is 17.2 Å². The lowest BCUT2D eigenvalue weighted by atomic mass is 9.88. The van der Waals surface area contributed by atoms with E-state index in [-0.39, 0.29) is 5.91 Å². The molecule has 1 aromatic carbocycles. The maximum atomic E-state index is 13.7. The summed E-state index contributed by atoms with van der Waals surface area (Å²) in [5.41, 5.74) is 3.04. The van der Waals surface area contributed by atoms with Crippen molar-refractivity contribution in [2.45, 2.75) is 50.5 Å². The predicted molar refractivity (Wildman–Crippen MR) is 97.7 cm³/mol. The number of aromatic nitrogens is 2. The lowest BCUT2D eigenvalue weighted by molar-refractivity contribution is -0.124. The van der Waals surface area contributed by atoms with Crippen LogP contribution >= 0.6 is 0 Å². The van der Waals surface area contributed by atoms with Crippen LogP contribution < -0.4 is 4.90 Å². The van der Waals surface area contributed by atoms with Gasteiger partial charge in [0.05, 0.1) is 23.6 Å². The molecule has 1 saturated carbocycles. The molecule has 5 nitrogen and oxygen atoms in total. The molecule has 3 heterocycles. The van der Waals surface area contributed by atoms with Gasteiger partial charge in [0.15, 0.2) is 5.54 Å². The lowest BCUT2D eigenvalue weighted by Gasteiger charge is -2.29. The highest BCUT2D eigenvalue weighted by Gasteiger charge is 2.55. The number of rotatable bonds is 2. The summed E-state index contributed by atoms with van der Waals surface area (Å²) in [6, 6.07) is 7.96. The van der Waals surface area contributed by atoms with Gasteiger partial charge in [-0.1, -0.05) is 25.3 Å². The van der Waals surface area contributed by atoms with Crippen LogP contribution in [0.5, 0.6) is 0 Å². The molecule has 5 rings (SSSR count). The van der Waals surface area contributed by atoms with Crippen LogP contribution in [0.15, 0.2) is 30.7 Å². The zero-order valence-electron chi connectivity index (χ0n) is 14.8. The largest absolute Gasteiger partial charge is 0.315 e. The van der Waals surface area contributed by atoms with E-state index in [1.165, 1.54) is 32.1 Å². The van der Waals surface area contributed by atoms with E-state index in [1.54, 1.807) is 6.33 Å². The number of carbonyl (C=O) groups is 1. The van der Waals surface area contributed by atoms with E-state index in [2.05, 4.69) is 15.6 Å². The molecule has 1 aromatic heterocycles. The first kappa shape index (κ1) is 15.6. The Morgan fingerprint density at radius 2 is 2.12 bits per heavy atom. The van der Waals surface area contributed by atoms with Crippen molar-refractivity contribution in [2.24, 2.45) is 5.92 Å². The van der Waals surface area contributed by atoms with Crippen molar-refractivity contribution in [3.05, 3.63) is 47.5 Å². The molecule has 132 valence electrons. The molecule has 2 aliphatic heterocycles. The zero-order chi connectivity index (χ0) is 17.7. The SMILES string of the molecule is N#Cc1ccc2c(c1)N(CC1CCCCC1)C(=O)C21CCc2cncn21. The summed E-state index contributed by atoms with van der Waals surface area (Å²) in [5, 5.41) is 9.36. The molecule has 0 radical (unpaired) electrons. The Kier molecular flexibility index (Phi) is 3.43. The molecule has 1 fully saturated rings. The summed E-state index contributed by atoms with van der Waals surface area (Å²) in [4.78, 5) is 20.0. The van der Waals surface area contributed by atoms with E-state index >= 15 is 0 Å². The van der Waals surface area contributed by atoms with E-state index in [0.29, 0.717) is 11.5 Å². The van der Waals surface area contributed by atoms with E-state index in [1.807, 2.05) is 29.3 Å². The molecule has 0 bridgehead atoms. The van der Waals surface area contributed by atoms with Gasteiger partial charge in [0.1, 0.15) is 0 Å². The van der Waals surface area contributed by atoms with Gasteiger partial charge in [0.25, 0.3) is 5.91 Å². The van der Waals surface area contributed by atoms with Gasteiger partial charge in [-0.15, -0.1) is 0 Å². The third kappa shape index (κ3) is 2.02. The first-order valence-electron chi connectivity index (χ1n) is 9.62. The molecule has 1 atom stereocenters. The highest BCUT2D eigenvalue weighted by molar-refractivity contribution is 6.08. The Labute approximate surface area is 153 Å². The van der Waals surface area contributed by atoms with Crippen LogP contribution in [0.2, 0.25) is 0 Å². The van der Waals surface area contributed by atoms with Crippen molar-refractivity contribution in [1.29, 1.82) is 5.26 Å². The smallest absolute Gasteiger partial charge is 0.258 e. The van der Waals surface area contributed by atoms with Crippen molar-refractivity contribution in [3.8, 4) is 6.07 Å². The van der Waals surface area contributed by atoms with E-state index in [9.17, 15) is 10.1 Å². The summed E-state index contributed by atoms with van der Waals surface area (Å²) in [6.07, 6.45) is 11.5. The van der Waals surface area contributed by atoms with Crippen LogP contribution in [-0.2, 0) is 16.8 Å². The summed E-state index contributed by atoms with van der Waals surface area (Å²) in [6.45, 7) is 0.770. The Morgan fingerprint density at radius 1 is 1.27 bits per heavy atom. The van der Waals surface area contributed by atoms with Crippen LogP contribution in [-0.4, -0.2) is 22.0 Å². The molecule has 3 aliphatic rings. The molecule has 5 heteroatoms. The summed E-state index contributed by atoms with van der Waals surface area (Å²) in [7, 11) is 0. The van der Waals surface area contributed by atoms with Crippen molar-refractivity contribution < 1.29 is 4.79 Å². The number of nitrogens with zero attached hydrogens (tertiary/aromatic N) is 4. The molecule has 0 N–H and O–H groups in total. The van der Waals surface area contributed by atoms with E-state index < -0.39 is 5.54 Å².